The maximum Gasteiger partial charge on any atom is 0.0419 e. The molecule has 0 aliphatic rings. The van der Waals surface area contributed by atoms with Crippen LogP contribution in [-0.4, -0.2) is 17.6 Å². The van der Waals surface area contributed by atoms with Crippen LogP contribution in [0.1, 0.15) is 51.1 Å². The van der Waals surface area contributed by atoms with E-state index in [1.165, 1.54) is 37.8 Å². The summed E-state index contributed by atoms with van der Waals surface area (Å²) in [5.74, 6) is 0. The molecule has 1 rings (SSSR count). The van der Waals surface area contributed by atoms with Gasteiger partial charge in [-0.3, -0.25) is 4.98 Å². The minimum Gasteiger partial charge on any atom is -0.314 e. The van der Waals surface area contributed by atoms with E-state index in [1.807, 2.05) is 18.3 Å². The molecule has 0 fully saturated rings. The normalized spacial score (nSPS) is 12.3. The summed E-state index contributed by atoms with van der Waals surface area (Å²) < 4.78 is 0. The van der Waals surface area contributed by atoms with Gasteiger partial charge in [-0.25, -0.2) is 0 Å². The second kappa shape index (κ2) is 10.7. The van der Waals surface area contributed by atoms with Crippen LogP contribution in [-0.2, 0) is 6.42 Å². The van der Waals surface area contributed by atoms with Gasteiger partial charge in [0.25, 0.3) is 0 Å². The summed E-state index contributed by atoms with van der Waals surface area (Å²) in [5.41, 5.74) is 1.20. The highest BCUT2D eigenvalue weighted by molar-refractivity contribution is 5.05. The van der Waals surface area contributed by atoms with E-state index in [0.29, 0.717) is 6.04 Å². The Kier molecular flexibility index (Phi) is 8.99. The van der Waals surface area contributed by atoms with E-state index in [9.17, 15) is 0 Å². The number of hydrogen-bond acceptors (Lipinski definition) is 2. The second-order valence-electron chi connectivity index (χ2n) is 5.10. The number of allylic oxidation sites excluding steroid dienone is 1. The summed E-state index contributed by atoms with van der Waals surface area (Å²) in [4.78, 5) is 4.43. The minimum atomic E-state index is 0.568. The van der Waals surface area contributed by atoms with Crippen molar-refractivity contribution in [3.8, 4) is 0 Å². The number of pyridine rings is 1. The fourth-order valence-corrected chi connectivity index (χ4v) is 2.25. The van der Waals surface area contributed by atoms with Crippen molar-refractivity contribution >= 4 is 0 Å². The standard InChI is InChI=1S/C17H28N2/c1-3-5-6-7-8-11-16(18-13-4-2)15-17-12-9-10-14-19-17/h3,9-10,12,14,16,18H,1,4-8,11,13,15H2,2H3. The van der Waals surface area contributed by atoms with Crippen LogP contribution < -0.4 is 5.32 Å². The van der Waals surface area contributed by atoms with Crippen molar-refractivity contribution in [2.75, 3.05) is 6.54 Å². The van der Waals surface area contributed by atoms with Crippen molar-refractivity contribution in [2.24, 2.45) is 0 Å². The Bertz CT molecular complexity index is 321. The monoisotopic (exact) mass is 260 g/mol. The third-order valence-electron chi connectivity index (χ3n) is 3.33. The molecule has 0 spiro atoms. The molecular weight excluding hydrogens is 232 g/mol. The molecule has 0 aliphatic heterocycles. The minimum absolute atomic E-state index is 0.568. The lowest BCUT2D eigenvalue weighted by Gasteiger charge is -2.18. The topological polar surface area (TPSA) is 24.9 Å². The third-order valence-corrected chi connectivity index (χ3v) is 3.33. The molecule has 0 saturated heterocycles. The molecule has 0 amide bonds. The van der Waals surface area contributed by atoms with E-state index in [0.717, 1.165) is 19.4 Å². The van der Waals surface area contributed by atoms with E-state index in [1.54, 1.807) is 0 Å². The Labute approximate surface area is 118 Å². The molecule has 2 nitrogen and oxygen atoms in total. The van der Waals surface area contributed by atoms with Crippen LogP contribution in [0.25, 0.3) is 0 Å². The van der Waals surface area contributed by atoms with Gasteiger partial charge in [0.15, 0.2) is 0 Å². The zero-order valence-electron chi connectivity index (χ0n) is 12.3. The first-order valence-corrected chi connectivity index (χ1v) is 7.61. The van der Waals surface area contributed by atoms with Gasteiger partial charge in [0, 0.05) is 24.4 Å². The number of nitrogens with one attached hydrogen (secondary N) is 1. The summed E-state index contributed by atoms with van der Waals surface area (Å²) in [5, 5.41) is 3.65. The number of hydrogen-bond donors (Lipinski definition) is 1. The second-order valence-corrected chi connectivity index (χ2v) is 5.10. The van der Waals surface area contributed by atoms with Crippen LogP contribution in [0.5, 0.6) is 0 Å². The molecule has 0 aromatic carbocycles. The molecule has 1 aromatic heterocycles. The smallest absolute Gasteiger partial charge is 0.0419 e. The molecule has 1 unspecified atom stereocenters. The summed E-state index contributed by atoms with van der Waals surface area (Å²) >= 11 is 0. The van der Waals surface area contributed by atoms with Gasteiger partial charge in [0.1, 0.15) is 0 Å². The van der Waals surface area contributed by atoms with Gasteiger partial charge >= 0.3 is 0 Å². The first-order valence-electron chi connectivity index (χ1n) is 7.61. The van der Waals surface area contributed by atoms with Gasteiger partial charge < -0.3 is 5.32 Å². The first kappa shape index (κ1) is 15.9. The van der Waals surface area contributed by atoms with E-state index in [2.05, 4.69) is 35.9 Å². The molecule has 0 aliphatic carbocycles. The Hall–Kier alpha value is -1.15. The SMILES string of the molecule is C=CCCCCCC(Cc1ccccn1)NCCC. The lowest BCUT2D eigenvalue weighted by Crippen LogP contribution is -2.32. The van der Waals surface area contributed by atoms with E-state index >= 15 is 0 Å². The fraction of sp³-hybridized carbons (Fsp3) is 0.588. The van der Waals surface area contributed by atoms with Crippen LogP contribution in [0.15, 0.2) is 37.1 Å². The third kappa shape index (κ3) is 7.78. The lowest BCUT2D eigenvalue weighted by atomic mass is 10.0. The van der Waals surface area contributed by atoms with Gasteiger partial charge in [-0.05, 0) is 44.4 Å². The van der Waals surface area contributed by atoms with Crippen LogP contribution in [0, 0.1) is 0 Å². The molecule has 1 N–H and O–H groups in total. The predicted octanol–water partition coefficient (Wildman–Crippen LogP) is 4.13. The summed E-state index contributed by atoms with van der Waals surface area (Å²) in [6.45, 7) is 7.09. The van der Waals surface area contributed by atoms with Crippen LogP contribution in [0.4, 0.5) is 0 Å². The Morgan fingerprint density at radius 1 is 1.32 bits per heavy atom. The predicted molar refractivity (Wildman–Crippen MR) is 83.3 cm³/mol. The Morgan fingerprint density at radius 2 is 2.21 bits per heavy atom. The molecule has 2 heteroatoms. The molecule has 1 aromatic rings. The lowest BCUT2D eigenvalue weighted by molar-refractivity contribution is 0.451. The van der Waals surface area contributed by atoms with Crippen molar-refractivity contribution in [1.82, 2.24) is 10.3 Å². The molecule has 0 saturated carbocycles. The van der Waals surface area contributed by atoms with Crippen LogP contribution >= 0.6 is 0 Å². The molecule has 106 valence electrons. The highest BCUT2D eigenvalue weighted by Gasteiger charge is 2.09. The number of aromatic nitrogens is 1. The molecule has 1 atom stereocenters. The number of unbranched alkanes of at least 4 members (excludes halogenated alkanes) is 3. The summed E-state index contributed by atoms with van der Waals surface area (Å²) in [6.07, 6.45) is 12.4. The van der Waals surface area contributed by atoms with Gasteiger partial charge in [-0.1, -0.05) is 31.9 Å². The summed E-state index contributed by atoms with van der Waals surface area (Å²) in [6, 6.07) is 6.74. The number of rotatable bonds is 11. The number of nitrogens with zero attached hydrogens (tertiary/aromatic N) is 1. The molecular formula is C17H28N2. The maximum atomic E-state index is 4.43. The van der Waals surface area contributed by atoms with Crippen LogP contribution in [0.3, 0.4) is 0 Å². The van der Waals surface area contributed by atoms with E-state index in [4.69, 9.17) is 0 Å². The first-order chi connectivity index (χ1) is 9.36. The molecule has 0 radical (unpaired) electrons. The zero-order chi connectivity index (χ0) is 13.8. The van der Waals surface area contributed by atoms with Crippen molar-refractivity contribution in [3.63, 3.8) is 0 Å². The van der Waals surface area contributed by atoms with Crippen molar-refractivity contribution < 1.29 is 0 Å². The van der Waals surface area contributed by atoms with Crippen molar-refractivity contribution in [2.45, 2.75) is 57.9 Å². The molecule has 0 bridgehead atoms. The average molecular weight is 260 g/mol. The van der Waals surface area contributed by atoms with E-state index < -0.39 is 0 Å². The van der Waals surface area contributed by atoms with Gasteiger partial charge in [-0.2, -0.15) is 0 Å². The van der Waals surface area contributed by atoms with Gasteiger partial charge in [-0.15, -0.1) is 6.58 Å². The zero-order valence-corrected chi connectivity index (χ0v) is 12.3. The van der Waals surface area contributed by atoms with Crippen LogP contribution in [0.2, 0.25) is 0 Å². The fourth-order valence-electron chi connectivity index (χ4n) is 2.25. The molecule has 1 heterocycles. The largest absolute Gasteiger partial charge is 0.314 e. The molecule has 19 heavy (non-hydrogen) atoms. The van der Waals surface area contributed by atoms with Crippen molar-refractivity contribution in [3.05, 3.63) is 42.7 Å². The quantitative estimate of drug-likeness (QED) is 0.478. The van der Waals surface area contributed by atoms with Gasteiger partial charge in [0.2, 0.25) is 0 Å². The average Bonchev–Trinajstić information content (AvgIpc) is 2.45. The Morgan fingerprint density at radius 3 is 2.89 bits per heavy atom. The maximum absolute atomic E-state index is 4.43. The Balaban J connectivity index is 2.31. The highest BCUT2D eigenvalue weighted by Crippen LogP contribution is 2.10. The summed E-state index contributed by atoms with van der Waals surface area (Å²) in [7, 11) is 0. The van der Waals surface area contributed by atoms with Gasteiger partial charge in [0.05, 0.1) is 0 Å². The van der Waals surface area contributed by atoms with Crippen molar-refractivity contribution in [1.29, 1.82) is 0 Å². The van der Waals surface area contributed by atoms with E-state index in [-0.39, 0.29) is 0 Å². The highest BCUT2D eigenvalue weighted by atomic mass is 14.9.